The van der Waals surface area contributed by atoms with Crippen LogP contribution in [-0.4, -0.2) is 28.6 Å². The molecule has 0 saturated heterocycles. The summed E-state index contributed by atoms with van der Waals surface area (Å²) in [7, 11) is 1.61. The number of carbonyl (C=O) groups excluding carboxylic acids is 2. The number of hydrogen-bond donors (Lipinski definition) is 1. The molecular weight excluding hydrogens is 168 g/mol. The number of carbonyl (C=O) groups is 2. The SMILES string of the molecule is CC(=O)C(=O)N(C)Cc1cc[nH]c1. The molecule has 1 N–H and O–H groups in total. The Labute approximate surface area is 76.5 Å². The number of ketones is 1. The zero-order valence-electron chi connectivity index (χ0n) is 7.70. The predicted octanol–water partition coefficient (Wildman–Crippen LogP) is 0.562. The normalized spacial score (nSPS) is 9.69. The molecule has 1 heterocycles. The van der Waals surface area contributed by atoms with Gasteiger partial charge in [-0.2, -0.15) is 0 Å². The van der Waals surface area contributed by atoms with E-state index in [1.807, 2.05) is 6.07 Å². The Bertz CT molecular complexity index is 303. The Morgan fingerprint density at radius 2 is 2.23 bits per heavy atom. The van der Waals surface area contributed by atoms with Gasteiger partial charge in [0.2, 0.25) is 5.78 Å². The predicted molar refractivity (Wildman–Crippen MR) is 47.9 cm³/mol. The quantitative estimate of drug-likeness (QED) is 0.691. The summed E-state index contributed by atoms with van der Waals surface area (Å²) in [4.78, 5) is 26.1. The van der Waals surface area contributed by atoms with Crippen LogP contribution in [0, 0.1) is 0 Å². The molecule has 4 nitrogen and oxygen atoms in total. The van der Waals surface area contributed by atoms with Gasteiger partial charge < -0.3 is 9.88 Å². The average molecular weight is 180 g/mol. The highest BCUT2D eigenvalue weighted by atomic mass is 16.2. The maximum atomic E-state index is 11.1. The van der Waals surface area contributed by atoms with Gasteiger partial charge >= 0.3 is 0 Å². The molecular formula is C9H12N2O2. The number of rotatable bonds is 3. The topological polar surface area (TPSA) is 53.2 Å². The van der Waals surface area contributed by atoms with E-state index in [0.717, 1.165) is 5.56 Å². The minimum absolute atomic E-state index is 0.432. The maximum absolute atomic E-state index is 11.1. The van der Waals surface area contributed by atoms with Crippen LogP contribution in [0.2, 0.25) is 0 Å². The molecule has 0 aliphatic heterocycles. The average Bonchev–Trinajstić information content (AvgIpc) is 2.55. The van der Waals surface area contributed by atoms with Crippen LogP contribution in [0.1, 0.15) is 12.5 Å². The minimum atomic E-state index is -0.457. The second kappa shape index (κ2) is 3.89. The summed E-state index contributed by atoms with van der Waals surface area (Å²) in [6.45, 7) is 1.73. The lowest BCUT2D eigenvalue weighted by Gasteiger charge is -2.13. The summed E-state index contributed by atoms with van der Waals surface area (Å²) >= 11 is 0. The number of nitrogens with zero attached hydrogens (tertiary/aromatic N) is 1. The Balaban J connectivity index is 2.55. The molecule has 0 radical (unpaired) electrons. The number of nitrogens with one attached hydrogen (secondary N) is 1. The van der Waals surface area contributed by atoms with Gasteiger partial charge in [-0.05, 0) is 11.6 Å². The van der Waals surface area contributed by atoms with E-state index in [1.54, 1.807) is 19.4 Å². The first-order valence-corrected chi connectivity index (χ1v) is 3.99. The highest BCUT2D eigenvalue weighted by Gasteiger charge is 2.13. The fourth-order valence-corrected chi connectivity index (χ4v) is 1.07. The van der Waals surface area contributed by atoms with Crippen molar-refractivity contribution in [2.45, 2.75) is 13.5 Å². The van der Waals surface area contributed by atoms with E-state index in [2.05, 4.69) is 4.98 Å². The molecule has 1 aromatic heterocycles. The van der Waals surface area contributed by atoms with E-state index in [4.69, 9.17) is 0 Å². The van der Waals surface area contributed by atoms with Crippen LogP contribution in [0.4, 0.5) is 0 Å². The molecule has 0 aliphatic carbocycles. The van der Waals surface area contributed by atoms with Crippen LogP contribution in [0.5, 0.6) is 0 Å². The molecule has 0 fully saturated rings. The van der Waals surface area contributed by atoms with Gasteiger partial charge in [0.15, 0.2) is 0 Å². The first-order chi connectivity index (χ1) is 6.11. The molecule has 0 aliphatic rings. The van der Waals surface area contributed by atoms with Crippen molar-refractivity contribution in [2.24, 2.45) is 0 Å². The number of Topliss-reactive ketones (excluding diaryl/α,β-unsaturated/α-hetero) is 1. The van der Waals surface area contributed by atoms with Gasteiger partial charge in [-0.15, -0.1) is 0 Å². The summed E-state index contributed by atoms with van der Waals surface area (Å²) in [5, 5.41) is 0. The van der Waals surface area contributed by atoms with Crippen molar-refractivity contribution < 1.29 is 9.59 Å². The van der Waals surface area contributed by atoms with E-state index in [-0.39, 0.29) is 0 Å². The molecule has 0 atom stereocenters. The van der Waals surface area contributed by atoms with E-state index in [0.29, 0.717) is 6.54 Å². The monoisotopic (exact) mass is 180 g/mol. The van der Waals surface area contributed by atoms with E-state index >= 15 is 0 Å². The van der Waals surface area contributed by atoms with Crippen molar-refractivity contribution in [3.8, 4) is 0 Å². The Kier molecular flexibility index (Phi) is 2.84. The minimum Gasteiger partial charge on any atom is -0.367 e. The smallest absolute Gasteiger partial charge is 0.289 e. The third kappa shape index (κ3) is 2.43. The molecule has 0 bridgehead atoms. The van der Waals surface area contributed by atoms with Crippen molar-refractivity contribution >= 4 is 11.7 Å². The molecule has 1 amide bonds. The summed E-state index contributed by atoms with van der Waals surface area (Å²) in [6, 6.07) is 1.86. The van der Waals surface area contributed by atoms with Gasteiger partial charge in [0.1, 0.15) is 0 Å². The van der Waals surface area contributed by atoms with Gasteiger partial charge in [-0.25, -0.2) is 0 Å². The summed E-state index contributed by atoms with van der Waals surface area (Å²) in [5.41, 5.74) is 0.983. The Hall–Kier alpha value is -1.58. The van der Waals surface area contributed by atoms with Crippen LogP contribution in [0.3, 0.4) is 0 Å². The van der Waals surface area contributed by atoms with Crippen LogP contribution < -0.4 is 0 Å². The fourth-order valence-electron chi connectivity index (χ4n) is 1.07. The highest BCUT2D eigenvalue weighted by molar-refractivity contribution is 6.34. The lowest BCUT2D eigenvalue weighted by molar-refractivity contribution is -0.143. The van der Waals surface area contributed by atoms with E-state index in [1.165, 1.54) is 11.8 Å². The zero-order valence-corrected chi connectivity index (χ0v) is 7.70. The number of amides is 1. The molecule has 70 valence electrons. The third-order valence-electron chi connectivity index (χ3n) is 1.73. The van der Waals surface area contributed by atoms with Gasteiger partial charge in [0.25, 0.3) is 5.91 Å². The number of aromatic amines is 1. The van der Waals surface area contributed by atoms with Gasteiger partial charge in [0.05, 0.1) is 0 Å². The summed E-state index contributed by atoms with van der Waals surface area (Å²) in [5.74, 6) is -0.890. The molecule has 0 spiro atoms. The summed E-state index contributed by atoms with van der Waals surface area (Å²) in [6.07, 6.45) is 3.57. The number of H-pyrrole nitrogens is 1. The molecule has 0 unspecified atom stereocenters. The third-order valence-corrected chi connectivity index (χ3v) is 1.73. The standard InChI is InChI=1S/C9H12N2O2/c1-7(12)9(13)11(2)6-8-3-4-10-5-8/h3-5,10H,6H2,1-2H3. The second-order valence-electron chi connectivity index (χ2n) is 2.94. The molecule has 1 rings (SSSR count). The molecule has 0 aromatic carbocycles. The second-order valence-corrected chi connectivity index (χ2v) is 2.94. The zero-order chi connectivity index (χ0) is 9.84. The number of likely N-dealkylation sites (N-methyl/N-ethyl adjacent to an activating group) is 1. The number of aromatic nitrogens is 1. The van der Waals surface area contributed by atoms with Crippen molar-refractivity contribution in [3.63, 3.8) is 0 Å². The molecule has 13 heavy (non-hydrogen) atoms. The lowest BCUT2D eigenvalue weighted by Crippen LogP contribution is -2.31. The van der Waals surface area contributed by atoms with Crippen molar-refractivity contribution in [1.29, 1.82) is 0 Å². The van der Waals surface area contributed by atoms with Crippen LogP contribution in [-0.2, 0) is 16.1 Å². The first kappa shape index (κ1) is 9.51. The fraction of sp³-hybridized carbons (Fsp3) is 0.333. The van der Waals surface area contributed by atoms with Gasteiger partial charge in [-0.3, -0.25) is 9.59 Å². The Morgan fingerprint density at radius 1 is 1.54 bits per heavy atom. The van der Waals surface area contributed by atoms with E-state index < -0.39 is 11.7 Å². The largest absolute Gasteiger partial charge is 0.367 e. The Morgan fingerprint density at radius 3 is 2.69 bits per heavy atom. The van der Waals surface area contributed by atoms with Crippen molar-refractivity contribution in [1.82, 2.24) is 9.88 Å². The maximum Gasteiger partial charge on any atom is 0.289 e. The van der Waals surface area contributed by atoms with Crippen molar-refractivity contribution in [3.05, 3.63) is 24.0 Å². The molecule has 0 saturated carbocycles. The van der Waals surface area contributed by atoms with Crippen LogP contribution in [0.15, 0.2) is 18.5 Å². The lowest BCUT2D eigenvalue weighted by atomic mass is 10.3. The summed E-state index contributed by atoms with van der Waals surface area (Å²) < 4.78 is 0. The highest BCUT2D eigenvalue weighted by Crippen LogP contribution is 2.01. The van der Waals surface area contributed by atoms with Crippen LogP contribution >= 0.6 is 0 Å². The van der Waals surface area contributed by atoms with Crippen LogP contribution in [0.25, 0.3) is 0 Å². The van der Waals surface area contributed by atoms with Gasteiger partial charge in [-0.1, -0.05) is 0 Å². The molecule has 1 aromatic rings. The molecule has 4 heteroatoms. The number of hydrogen-bond acceptors (Lipinski definition) is 2. The first-order valence-electron chi connectivity index (χ1n) is 3.99. The van der Waals surface area contributed by atoms with Crippen molar-refractivity contribution in [2.75, 3.05) is 7.05 Å². The van der Waals surface area contributed by atoms with E-state index in [9.17, 15) is 9.59 Å². The van der Waals surface area contributed by atoms with Gasteiger partial charge in [0, 0.05) is 32.9 Å².